The number of fused-ring (bicyclic) bond motifs is 1. The molecule has 0 spiro atoms. The standard InChI is InChI=1S/C21H22N2O3S/c1-4-11-22-18-13-16(20(25)26-5-2)9-10-17(18)23(21(22)27)19(24)15-8-6-7-14(3)12-15/h4,6-10,12-13,21,27H,1,5,11H2,2-3H3. The van der Waals surface area contributed by atoms with Gasteiger partial charge in [0, 0.05) is 12.1 Å². The Morgan fingerprint density at radius 2 is 1.96 bits per heavy atom. The zero-order chi connectivity index (χ0) is 19.6. The minimum absolute atomic E-state index is 0.143. The molecular weight excluding hydrogens is 360 g/mol. The summed E-state index contributed by atoms with van der Waals surface area (Å²) in [5, 5.41) is 0. The first kappa shape index (κ1) is 19.0. The Hall–Kier alpha value is -2.73. The number of hydrogen-bond donors (Lipinski definition) is 1. The third kappa shape index (κ3) is 3.57. The lowest BCUT2D eigenvalue weighted by Crippen LogP contribution is -2.42. The molecule has 0 aliphatic carbocycles. The van der Waals surface area contributed by atoms with Crippen LogP contribution in [0.1, 0.15) is 33.2 Å². The molecule has 1 aliphatic rings. The summed E-state index contributed by atoms with van der Waals surface area (Å²) in [6, 6.07) is 12.6. The Labute approximate surface area is 164 Å². The number of carbonyl (C=O) groups excluding carboxylic acids is 2. The van der Waals surface area contributed by atoms with Crippen LogP contribution < -0.4 is 9.80 Å². The number of rotatable bonds is 5. The van der Waals surface area contributed by atoms with Crippen molar-refractivity contribution in [2.24, 2.45) is 0 Å². The minimum atomic E-state index is -0.497. The normalized spacial score (nSPS) is 15.4. The molecule has 1 amide bonds. The maximum absolute atomic E-state index is 13.2. The van der Waals surface area contributed by atoms with E-state index >= 15 is 0 Å². The van der Waals surface area contributed by atoms with Crippen molar-refractivity contribution in [1.29, 1.82) is 0 Å². The van der Waals surface area contributed by atoms with E-state index < -0.39 is 11.5 Å². The Morgan fingerprint density at radius 3 is 2.63 bits per heavy atom. The van der Waals surface area contributed by atoms with E-state index in [-0.39, 0.29) is 5.91 Å². The lowest BCUT2D eigenvalue weighted by atomic mass is 10.1. The second-order valence-electron chi connectivity index (χ2n) is 6.26. The average Bonchev–Trinajstić information content (AvgIpc) is 2.93. The summed E-state index contributed by atoms with van der Waals surface area (Å²) in [6.45, 7) is 8.30. The highest BCUT2D eigenvalue weighted by Crippen LogP contribution is 2.42. The fourth-order valence-corrected chi connectivity index (χ4v) is 3.60. The third-order valence-electron chi connectivity index (χ3n) is 4.37. The van der Waals surface area contributed by atoms with Gasteiger partial charge in [-0.3, -0.25) is 9.69 Å². The van der Waals surface area contributed by atoms with Gasteiger partial charge in [-0.25, -0.2) is 4.79 Å². The molecule has 2 aromatic carbocycles. The Balaban J connectivity index is 2.04. The number of benzene rings is 2. The van der Waals surface area contributed by atoms with Crippen molar-refractivity contribution < 1.29 is 14.3 Å². The van der Waals surface area contributed by atoms with Gasteiger partial charge in [0.15, 0.2) is 5.50 Å². The topological polar surface area (TPSA) is 49.9 Å². The van der Waals surface area contributed by atoms with E-state index in [2.05, 4.69) is 19.2 Å². The molecule has 0 N–H and O–H groups in total. The molecule has 1 atom stereocenters. The van der Waals surface area contributed by atoms with E-state index in [1.807, 2.05) is 30.0 Å². The summed E-state index contributed by atoms with van der Waals surface area (Å²) in [7, 11) is 0. The number of hydrogen-bond acceptors (Lipinski definition) is 5. The first-order chi connectivity index (χ1) is 13.0. The zero-order valence-electron chi connectivity index (χ0n) is 15.4. The summed E-state index contributed by atoms with van der Waals surface area (Å²) < 4.78 is 5.09. The molecule has 3 rings (SSSR count). The lowest BCUT2D eigenvalue weighted by molar-refractivity contribution is 0.0526. The van der Waals surface area contributed by atoms with Crippen molar-refractivity contribution in [3.05, 3.63) is 71.8 Å². The van der Waals surface area contributed by atoms with Crippen molar-refractivity contribution in [2.75, 3.05) is 23.0 Å². The highest BCUT2D eigenvalue weighted by molar-refractivity contribution is 7.81. The van der Waals surface area contributed by atoms with Crippen LogP contribution in [0, 0.1) is 6.92 Å². The molecule has 27 heavy (non-hydrogen) atoms. The monoisotopic (exact) mass is 382 g/mol. The number of amides is 1. The van der Waals surface area contributed by atoms with Gasteiger partial charge < -0.3 is 9.64 Å². The SMILES string of the molecule is C=CCN1c2cc(C(=O)OCC)ccc2N(C(=O)c2cccc(C)c2)C1S. The van der Waals surface area contributed by atoms with Crippen LogP contribution in [0.2, 0.25) is 0 Å². The quantitative estimate of drug-likeness (QED) is 0.482. The van der Waals surface area contributed by atoms with Gasteiger partial charge in [-0.15, -0.1) is 19.2 Å². The van der Waals surface area contributed by atoms with E-state index in [0.717, 1.165) is 11.3 Å². The number of anilines is 2. The smallest absolute Gasteiger partial charge is 0.338 e. The first-order valence-corrected chi connectivity index (χ1v) is 9.26. The van der Waals surface area contributed by atoms with Gasteiger partial charge in [0.25, 0.3) is 5.91 Å². The molecule has 6 heteroatoms. The maximum atomic E-state index is 13.2. The van der Waals surface area contributed by atoms with Gasteiger partial charge in [0.1, 0.15) is 0 Å². The van der Waals surface area contributed by atoms with Crippen LogP contribution in [0.3, 0.4) is 0 Å². The summed E-state index contributed by atoms with van der Waals surface area (Å²) in [4.78, 5) is 28.8. The van der Waals surface area contributed by atoms with Crippen molar-refractivity contribution >= 4 is 35.9 Å². The van der Waals surface area contributed by atoms with E-state index in [0.29, 0.717) is 30.0 Å². The Morgan fingerprint density at radius 1 is 1.19 bits per heavy atom. The zero-order valence-corrected chi connectivity index (χ0v) is 16.3. The van der Waals surface area contributed by atoms with Gasteiger partial charge in [0.05, 0.1) is 23.5 Å². The van der Waals surface area contributed by atoms with Crippen LogP contribution in [0.5, 0.6) is 0 Å². The van der Waals surface area contributed by atoms with Crippen LogP contribution in [-0.4, -0.2) is 30.5 Å². The second-order valence-corrected chi connectivity index (χ2v) is 6.72. The molecule has 0 fully saturated rings. The predicted octanol–water partition coefficient (Wildman–Crippen LogP) is 4.04. The van der Waals surface area contributed by atoms with Gasteiger partial charge in [-0.2, -0.15) is 0 Å². The summed E-state index contributed by atoms with van der Waals surface area (Å²) >= 11 is 4.67. The minimum Gasteiger partial charge on any atom is -0.462 e. The van der Waals surface area contributed by atoms with Gasteiger partial charge in [0.2, 0.25) is 0 Å². The number of carbonyl (C=O) groups is 2. The summed E-state index contributed by atoms with van der Waals surface area (Å²) in [5.74, 6) is -0.534. The van der Waals surface area contributed by atoms with Crippen molar-refractivity contribution in [1.82, 2.24) is 0 Å². The number of esters is 1. The average molecular weight is 382 g/mol. The predicted molar refractivity (Wildman–Crippen MR) is 111 cm³/mol. The molecule has 5 nitrogen and oxygen atoms in total. The molecule has 1 heterocycles. The van der Waals surface area contributed by atoms with Crippen molar-refractivity contribution in [3.63, 3.8) is 0 Å². The van der Waals surface area contributed by atoms with Gasteiger partial charge in [-0.1, -0.05) is 23.8 Å². The molecule has 1 aliphatic heterocycles. The molecule has 0 bridgehead atoms. The van der Waals surface area contributed by atoms with Crippen LogP contribution in [0.15, 0.2) is 55.1 Å². The van der Waals surface area contributed by atoms with E-state index in [1.165, 1.54) is 0 Å². The number of aryl methyl sites for hydroxylation is 1. The second kappa shape index (κ2) is 7.88. The molecule has 0 aromatic heterocycles. The molecule has 2 aromatic rings. The fourth-order valence-electron chi connectivity index (χ4n) is 3.15. The molecule has 0 saturated heterocycles. The number of ether oxygens (including phenoxy) is 1. The van der Waals surface area contributed by atoms with E-state index in [4.69, 9.17) is 4.74 Å². The van der Waals surface area contributed by atoms with Crippen molar-refractivity contribution in [2.45, 2.75) is 19.3 Å². The number of nitrogens with zero attached hydrogens (tertiary/aromatic N) is 2. The van der Waals surface area contributed by atoms with Crippen molar-refractivity contribution in [3.8, 4) is 0 Å². The van der Waals surface area contributed by atoms with E-state index in [1.54, 1.807) is 42.2 Å². The van der Waals surface area contributed by atoms with Crippen LogP contribution in [0.4, 0.5) is 11.4 Å². The molecule has 0 radical (unpaired) electrons. The van der Waals surface area contributed by atoms with Crippen LogP contribution >= 0.6 is 12.6 Å². The molecule has 140 valence electrons. The highest BCUT2D eigenvalue weighted by Gasteiger charge is 2.38. The van der Waals surface area contributed by atoms with Gasteiger partial charge in [-0.05, 0) is 44.2 Å². The Bertz CT molecular complexity index is 897. The Kier molecular flexibility index (Phi) is 5.56. The van der Waals surface area contributed by atoms with Gasteiger partial charge >= 0.3 is 5.97 Å². The third-order valence-corrected chi connectivity index (χ3v) is 4.88. The summed E-state index contributed by atoms with van der Waals surface area (Å²) in [6.07, 6.45) is 1.74. The molecular formula is C21H22N2O3S. The van der Waals surface area contributed by atoms with Crippen LogP contribution in [0.25, 0.3) is 0 Å². The first-order valence-electron chi connectivity index (χ1n) is 8.75. The van der Waals surface area contributed by atoms with E-state index in [9.17, 15) is 9.59 Å². The fraction of sp³-hybridized carbons (Fsp3) is 0.238. The number of thiol groups is 1. The molecule has 1 unspecified atom stereocenters. The summed E-state index contributed by atoms with van der Waals surface area (Å²) in [5.41, 5.74) is 3.00. The largest absolute Gasteiger partial charge is 0.462 e. The maximum Gasteiger partial charge on any atom is 0.338 e. The lowest BCUT2D eigenvalue weighted by Gasteiger charge is -2.27. The molecule has 0 saturated carbocycles. The van der Waals surface area contributed by atoms with Crippen LogP contribution in [-0.2, 0) is 4.74 Å². The highest BCUT2D eigenvalue weighted by atomic mass is 32.1.